The molecule has 0 fully saturated rings. The number of esters is 3. The molecular formula is C24H35NO8. The highest BCUT2D eigenvalue weighted by atomic mass is 16.6. The van der Waals surface area contributed by atoms with Crippen molar-refractivity contribution in [2.24, 2.45) is 5.92 Å². The lowest BCUT2D eigenvalue weighted by molar-refractivity contribution is -0.157. The summed E-state index contributed by atoms with van der Waals surface area (Å²) in [5.41, 5.74) is 1.22. The SMILES string of the molecule is CCOC(=O)C[C@@H](C(=O)OCC)C(COC(C)=O)c1ccc(NC(=O)OC(C)(C)C)c(C)c1. The Bertz CT molecular complexity index is 843. The van der Waals surface area contributed by atoms with Gasteiger partial charge in [0, 0.05) is 18.5 Å². The Morgan fingerprint density at radius 1 is 1.00 bits per heavy atom. The van der Waals surface area contributed by atoms with Crippen LogP contribution < -0.4 is 5.32 Å². The van der Waals surface area contributed by atoms with Gasteiger partial charge >= 0.3 is 24.0 Å². The molecule has 33 heavy (non-hydrogen) atoms. The van der Waals surface area contributed by atoms with Crippen LogP contribution in [-0.2, 0) is 33.3 Å². The lowest BCUT2D eigenvalue weighted by atomic mass is 9.83. The van der Waals surface area contributed by atoms with E-state index in [1.807, 2.05) is 0 Å². The first kappa shape index (κ1) is 27.9. The van der Waals surface area contributed by atoms with E-state index in [2.05, 4.69) is 5.32 Å². The number of carbonyl (C=O) groups is 4. The van der Waals surface area contributed by atoms with E-state index in [0.29, 0.717) is 16.8 Å². The highest BCUT2D eigenvalue weighted by Gasteiger charge is 2.34. The van der Waals surface area contributed by atoms with Crippen LogP contribution >= 0.6 is 0 Å². The number of aryl methyl sites for hydroxylation is 1. The second kappa shape index (κ2) is 12.8. The van der Waals surface area contributed by atoms with Crippen molar-refractivity contribution in [2.45, 2.75) is 66.4 Å². The summed E-state index contributed by atoms with van der Waals surface area (Å²) < 4.78 is 20.7. The Kier molecular flexibility index (Phi) is 10.8. The number of anilines is 1. The first-order chi connectivity index (χ1) is 15.4. The van der Waals surface area contributed by atoms with Crippen LogP contribution in [0, 0.1) is 12.8 Å². The third-order valence-corrected chi connectivity index (χ3v) is 4.55. The molecule has 0 heterocycles. The summed E-state index contributed by atoms with van der Waals surface area (Å²) in [7, 11) is 0. The predicted molar refractivity (Wildman–Crippen MR) is 122 cm³/mol. The smallest absolute Gasteiger partial charge is 0.412 e. The topological polar surface area (TPSA) is 117 Å². The highest BCUT2D eigenvalue weighted by molar-refractivity contribution is 5.86. The second-order valence-corrected chi connectivity index (χ2v) is 8.48. The van der Waals surface area contributed by atoms with E-state index in [4.69, 9.17) is 18.9 Å². The molecule has 0 aliphatic heterocycles. The second-order valence-electron chi connectivity index (χ2n) is 8.48. The number of nitrogens with one attached hydrogen (secondary N) is 1. The number of ether oxygens (including phenoxy) is 4. The van der Waals surface area contributed by atoms with Crippen LogP contribution in [0.1, 0.15) is 65.0 Å². The minimum atomic E-state index is -0.924. The minimum absolute atomic E-state index is 0.128. The number of rotatable bonds is 10. The van der Waals surface area contributed by atoms with Crippen LogP contribution in [0.5, 0.6) is 0 Å². The molecule has 1 N–H and O–H groups in total. The fourth-order valence-electron chi connectivity index (χ4n) is 3.16. The van der Waals surface area contributed by atoms with E-state index < -0.39 is 41.4 Å². The summed E-state index contributed by atoms with van der Waals surface area (Å²) in [5, 5.41) is 2.69. The van der Waals surface area contributed by atoms with Crippen molar-refractivity contribution in [3.05, 3.63) is 29.3 Å². The van der Waals surface area contributed by atoms with Gasteiger partial charge in [-0.25, -0.2) is 4.79 Å². The molecule has 0 aromatic heterocycles. The molecule has 1 amide bonds. The fourth-order valence-corrected chi connectivity index (χ4v) is 3.16. The molecule has 0 spiro atoms. The van der Waals surface area contributed by atoms with Crippen LogP contribution in [0.2, 0.25) is 0 Å². The molecule has 1 aromatic carbocycles. The van der Waals surface area contributed by atoms with Gasteiger partial charge in [0.05, 0.1) is 32.2 Å². The molecule has 0 saturated heterocycles. The maximum absolute atomic E-state index is 12.7. The first-order valence-electron chi connectivity index (χ1n) is 10.9. The van der Waals surface area contributed by atoms with Gasteiger partial charge in [-0.2, -0.15) is 0 Å². The van der Waals surface area contributed by atoms with E-state index in [-0.39, 0.29) is 26.2 Å². The Morgan fingerprint density at radius 2 is 1.64 bits per heavy atom. The van der Waals surface area contributed by atoms with E-state index in [1.165, 1.54) is 6.92 Å². The number of carbonyl (C=O) groups excluding carboxylic acids is 4. The number of hydrogen-bond acceptors (Lipinski definition) is 8. The average Bonchev–Trinajstić information content (AvgIpc) is 2.67. The monoisotopic (exact) mass is 465 g/mol. The summed E-state index contributed by atoms with van der Waals surface area (Å²) in [6, 6.07) is 5.13. The van der Waals surface area contributed by atoms with Gasteiger partial charge in [-0.05, 0) is 58.7 Å². The normalized spacial score (nSPS) is 12.8. The van der Waals surface area contributed by atoms with Crippen molar-refractivity contribution < 1.29 is 38.1 Å². The molecule has 9 nitrogen and oxygen atoms in total. The third-order valence-electron chi connectivity index (χ3n) is 4.55. The Hall–Kier alpha value is -3.10. The summed E-state index contributed by atoms with van der Waals surface area (Å²) in [5.74, 6) is -3.24. The molecule has 1 unspecified atom stereocenters. The summed E-state index contributed by atoms with van der Waals surface area (Å²) in [6.07, 6.45) is -0.822. The molecule has 0 aliphatic rings. The molecule has 1 rings (SSSR count). The van der Waals surface area contributed by atoms with Crippen LogP contribution in [0.25, 0.3) is 0 Å². The zero-order valence-electron chi connectivity index (χ0n) is 20.5. The summed E-state index contributed by atoms with van der Waals surface area (Å²) in [4.78, 5) is 48.5. The molecule has 0 saturated carbocycles. The molecule has 184 valence electrons. The predicted octanol–water partition coefficient (Wildman–Crippen LogP) is 4.12. The van der Waals surface area contributed by atoms with Gasteiger partial charge in [0.1, 0.15) is 5.60 Å². The van der Waals surface area contributed by atoms with Gasteiger partial charge in [-0.1, -0.05) is 12.1 Å². The maximum Gasteiger partial charge on any atom is 0.412 e. The van der Waals surface area contributed by atoms with Crippen molar-refractivity contribution in [2.75, 3.05) is 25.1 Å². The van der Waals surface area contributed by atoms with Gasteiger partial charge in [0.15, 0.2) is 0 Å². The van der Waals surface area contributed by atoms with Crippen LogP contribution in [0.15, 0.2) is 18.2 Å². The average molecular weight is 466 g/mol. The molecule has 2 atom stereocenters. The minimum Gasteiger partial charge on any atom is -0.466 e. The molecule has 0 bridgehead atoms. The van der Waals surface area contributed by atoms with E-state index >= 15 is 0 Å². The Balaban J connectivity index is 3.27. The van der Waals surface area contributed by atoms with Gasteiger partial charge < -0.3 is 18.9 Å². The zero-order valence-corrected chi connectivity index (χ0v) is 20.5. The Labute approximate surface area is 195 Å². The molecule has 9 heteroatoms. The van der Waals surface area contributed by atoms with Crippen LogP contribution in [0.4, 0.5) is 10.5 Å². The van der Waals surface area contributed by atoms with Gasteiger partial charge in [-0.15, -0.1) is 0 Å². The lowest BCUT2D eigenvalue weighted by Crippen LogP contribution is -2.31. The quantitative estimate of drug-likeness (QED) is 0.405. The Morgan fingerprint density at radius 3 is 2.15 bits per heavy atom. The molecular weight excluding hydrogens is 430 g/mol. The van der Waals surface area contributed by atoms with E-state index in [1.54, 1.807) is 59.7 Å². The lowest BCUT2D eigenvalue weighted by Gasteiger charge is -2.26. The molecule has 0 radical (unpaired) electrons. The van der Waals surface area contributed by atoms with Crippen molar-refractivity contribution >= 4 is 29.7 Å². The first-order valence-corrected chi connectivity index (χ1v) is 10.9. The number of hydrogen-bond donors (Lipinski definition) is 1. The van der Waals surface area contributed by atoms with E-state index in [0.717, 1.165) is 0 Å². The molecule has 1 aromatic rings. The summed E-state index contributed by atoms with van der Waals surface area (Å²) >= 11 is 0. The molecule has 0 aliphatic carbocycles. The number of benzene rings is 1. The van der Waals surface area contributed by atoms with Gasteiger partial charge in [0.2, 0.25) is 0 Å². The van der Waals surface area contributed by atoms with Crippen molar-refractivity contribution in [3.63, 3.8) is 0 Å². The largest absolute Gasteiger partial charge is 0.466 e. The highest BCUT2D eigenvalue weighted by Crippen LogP contribution is 2.32. The van der Waals surface area contributed by atoms with Crippen molar-refractivity contribution in [3.8, 4) is 0 Å². The van der Waals surface area contributed by atoms with Crippen molar-refractivity contribution in [1.29, 1.82) is 0 Å². The fraction of sp³-hybridized carbons (Fsp3) is 0.583. The van der Waals surface area contributed by atoms with Crippen molar-refractivity contribution in [1.82, 2.24) is 0 Å². The van der Waals surface area contributed by atoms with Gasteiger partial charge in [-0.3, -0.25) is 19.7 Å². The standard InChI is InChI=1S/C24H35NO8/c1-8-30-21(27)13-18(22(28)31-9-2)19(14-32-16(4)26)17-10-11-20(15(3)12-17)25-23(29)33-24(5,6)7/h10-12,18-19H,8-9,13-14H2,1-7H3,(H,25,29)/t18-,19?/m1/s1. The maximum atomic E-state index is 12.7. The van der Waals surface area contributed by atoms with Crippen LogP contribution in [0.3, 0.4) is 0 Å². The number of amides is 1. The third kappa shape index (κ3) is 9.93. The van der Waals surface area contributed by atoms with E-state index in [9.17, 15) is 19.2 Å². The van der Waals surface area contributed by atoms with Crippen LogP contribution in [-0.4, -0.2) is 49.4 Å². The van der Waals surface area contributed by atoms with Gasteiger partial charge in [0.25, 0.3) is 0 Å². The summed E-state index contributed by atoms with van der Waals surface area (Å²) in [6.45, 7) is 11.9. The zero-order chi connectivity index (χ0) is 25.2.